The Labute approximate surface area is 81.3 Å². The SMILES string of the molecule is CC(O)CN(C)Cc1nnsc1N. The molecule has 1 aromatic heterocycles. The molecule has 3 N–H and O–H groups in total. The predicted octanol–water partition coefficient (Wildman–Crippen LogP) is -0.0671. The lowest BCUT2D eigenvalue weighted by molar-refractivity contribution is 0.138. The van der Waals surface area contributed by atoms with Crippen molar-refractivity contribution in [2.45, 2.75) is 19.6 Å². The molecule has 1 rings (SSSR count). The number of nitrogen functional groups attached to an aromatic ring is 1. The Morgan fingerprint density at radius 2 is 2.38 bits per heavy atom. The van der Waals surface area contributed by atoms with Gasteiger partial charge in [-0.05, 0) is 14.0 Å². The van der Waals surface area contributed by atoms with Crippen LogP contribution in [0.1, 0.15) is 12.6 Å². The van der Waals surface area contributed by atoms with Crippen molar-refractivity contribution < 1.29 is 5.11 Å². The quantitative estimate of drug-likeness (QED) is 0.715. The molecule has 0 amide bonds. The average molecular weight is 202 g/mol. The number of hydrogen-bond donors (Lipinski definition) is 2. The summed E-state index contributed by atoms with van der Waals surface area (Å²) in [7, 11) is 1.91. The van der Waals surface area contributed by atoms with E-state index in [1.165, 1.54) is 11.5 Å². The van der Waals surface area contributed by atoms with Crippen molar-refractivity contribution in [1.82, 2.24) is 14.5 Å². The van der Waals surface area contributed by atoms with Gasteiger partial charge in [-0.15, -0.1) is 5.10 Å². The molecule has 0 saturated heterocycles. The second-order valence-corrected chi connectivity index (χ2v) is 3.92. The third kappa shape index (κ3) is 3.25. The van der Waals surface area contributed by atoms with E-state index in [0.29, 0.717) is 18.1 Å². The van der Waals surface area contributed by atoms with Crippen LogP contribution in [-0.4, -0.2) is 39.3 Å². The van der Waals surface area contributed by atoms with Gasteiger partial charge < -0.3 is 10.8 Å². The lowest BCUT2D eigenvalue weighted by Gasteiger charge is -2.16. The van der Waals surface area contributed by atoms with Gasteiger partial charge in [0.1, 0.15) is 10.7 Å². The molecule has 13 heavy (non-hydrogen) atoms. The van der Waals surface area contributed by atoms with Crippen molar-refractivity contribution in [3.8, 4) is 0 Å². The summed E-state index contributed by atoms with van der Waals surface area (Å²) in [4.78, 5) is 1.96. The van der Waals surface area contributed by atoms with Crippen LogP contribution in [0, 0.1) is 0 Å². The topological polar surface area (TPSA) is 75.3 Å². The van der Waals surface area contributed by atoms with Crippen molar-refractivity contribution in [3.63, 3.8) is 0 Å². The second kappa shape index (κ2) is 4.50. The lowest BCUT2D eigenvalue weighted by atomic mass is 10.3. The molecule has 0 radical (unpaired) electrons. The van der Waals surface area contributed by atoms with Gasteiger partial charge in [-0.25, -0.2) is 0 Å². The van der Waals surface area contributed by atoms with Crippen molar-refractivity contribution in [1.29, 1.82) is 0 Å². The van der Waals surface area contributed by atoms with E-state index in [1.54, 1.807) is 6.92 Å². The fourth-order valence-corrected chi connectivity index (χ4v) is 1.53. The van der Waals surface area contributed by atoms with E-state index in [4.69, 9.17) is 10.8 Å². The number of rotatable bonds is 4. The Kier molecular flexibility index (Phi) is 3.58. The van der Waals surface area contributed by atoms with Crippen LogP contribution in [0.5, 0.6) is 0 Å². The highest BCUT2D eigenvalue weighted by atomic mass is 32.1. The van der Waals surface area contributed by atoms with Gasteiger partial charge in [0.15, 0.2) is 0 Å². The number of nitrogens with zero attached hydrogens (tertiary/aromatic N) is 3. The number of anilines is 1. The van der Waals surface area contributed by atoms with Gasteiger partial charge in [-0.1, -0.05) is 4.49 Å². The zero-order chi connectivity index (χ0) is 9.84. The van der Waals surface area contributed by atoms with Crippen LogP contribution in [-0.2, 0) is 6.54 Å². The fraction of sp³-hybridized carbons (Fsp3) is 0.714. The van der Waals surface area contributed by atoms with Crippen LogP contribution in [0.3, 0.4) is 0 Å². The van der Waals surface area contributed by atoms with E-state index in [0.717, 1.165) is 5.69 Å². The summed E-state index contributed by atoms with van der Waals surface area (Å²) >= 11 is 1.19. The van der Waals surface area contributed by atoms with Crippen LogP contribution < -0.4 is 5.73 Å². The molecule has 0 bridgehead atoms. The molecule has 6 heteroatoms. The molecule has 0 saturated carbocycles. The summed E-state index contributed by atoms with van der Waals surface area (Å²) in [5.74, 6) is 0. The molecule has 0 aliphatic rings. The Morgan fingerprint density at radius 1 is 1.69 bits per heavy atom. The van der Waals surface area contributed by atoms with Gasteiger partial charge in [0.2, 0.25) is 0 Å². The van der Waals surface area contributed by atoms with Gasteiger partial charge in [0.05, 0.1) is 6.10 Å². The maximum atomic E-state index is 9.11. The van der Waals surface area contributed by atoms with E-state index in [-0.39, 0.29) is 6.10 Å². The molecule has 1 atom stereocenters. The first-order chi connectivity index (χ1) is 6.09. The van der Waals surface area contributed by atoms with E-state index < -0.39 is 0 Å². The largest absolute Gasteiger partial charge is 0.392 e. The Bertz CT molecular complexity index is 263. The summed E-state index contributed by atoms with van der Waals surface area (Å²) in [6.45, 7) is 2.99. The molecule has 74 valence electrons. The van der Waals surface area contributed by atoms with E-state index in [9.17, 15) is 0 Å². The van der Waals surface area contributed by atoms with Gasteiger partial charge in [-0.2, -0.15) is 0 Å². The molecule has 1 unspecified atom stereocenters. The number of hydrogen-bond acceptors (Lipinski definition) is 6. The molecule has 0 aliphatic carbocycles. The van der Waals surface area contributed by atoms with E-state index >= 15 is 0 Å². The van der Waals surface area contributed by atoms with Gasteiger partial charge in [0, 0.05) is 24.6 Å². The summed E-state index contributed by atoms with van der Waals surface area (Å²) in [6.07, 6.45) is -0.335. The highest BCUT2D eigenvalue weighted by Crippen LogP contribution is 2.13. The molecule has 1 aromatic rings. The zero-order valence-corrected chi connectivity index (χ0v) is 8.58. The minimum absolute atomic E-state index is 0.335. The van der Waals surface area contributed by atoms with Crippen molar-refractivity contribution >= 4 is 16.5 Å². The van der Waals surface area contributed by atoms with Crippen molar-refractivity contribution in [2.24, 2.45) is 0 Å². The number of aliphatic hydroxyl groups excluding tert-OH is 1. The van der Waals surface area contributed by atoms with Crippen LogP contribution in [0.15, 0.2) is 0 Å². The van der Waals surface area contributed by atoms with Crippen LogP contribution in [0.2, 0.25) is 0 Å². The number of aromatic nitrogens is 2. The molecular formula is C7H14N4OS. The summed E-state index contributed by atoms with van der Waals surface area (Å²) < 4.78 is 3.73. The van der Waals surface area contributed by atoms with Crippen molar-refractivity contribution in [2.75, 3.05) is 19.3 Å². The van der Waals surface area contributed by atoms with Gasteiger partial charge in [-0.3, -0.25) is 4.90 Å². The first-order valence-electron chi connectivity index (χ1n) is 4.03. The van der Waals surface area contributed by atoms with Gasteiger partial charge in [0.25, 0.3) is 0 Å². The normalized spacial score (nSPS) is 13.5. The minimum atomic E-state index is -0.335. The monoisotopic (exact) mass is 202 g/mol. The molecule has 5 nitrogen and oxygen atoms in total. The van der Waals surface area contributed by atoms with Gasteiger partial charge >= 0.3 is 0 Å². The van der Waals surface area contributed by atoms with Crippen molar-refractivity contribution in [3.05, 3.63) is 5.69 Å². The molecule has 1 heterocycles. The van der Waals surface area contributed by atoms with E-state index in [1.807, 2.05) is 11.9 Å². The Morgan fingerprint density at radius 3 is 2.85 bits per heavy atom. The minimum Gasteiger partial charge on any atom is -0.392 e. The van der Waals surface area contributed by atoms with Crippen LogP contribution >= 0.6 is 11.5 Å². The molecule has 0 aliphatic heterocycles. The first-order valence-corrected chi connectivity index (χ1v) is 4.80. The zero-order valence-electron chi connectivity index (χ0n) is 7.77. The fourth-order valence-electron chi connectivity index (χ4n) is 1.10. The van der Waals surface area contributed by atoms with Crippen LogP contribution in [0.25, 0.3) is 0 Å². The number of nitrogens with two attached hydrogens (primary N) is 1. The summed E-state index contributed by atoms with van der Waals surface area (Å²) in [6, 6.07) is 0. The maximum absolute atomic E-state index is 9.11. The standard InChI is InChI=1S/C7H14N4OS/c1-5(12)3-11(2)4-6-7(8)13-10-9-6/h5,12H,3-4,8H2,1-2H3. The maximum Gasteiger partial charge on any atom is 0.132 e. The average Bonchev–Trinajstić information content (AvgIpc) is 2.34. The molecular weight excluding hydrogens is 188 g/mol. The third-order valence-corrected chi connectivity index (χ3v) is 2.18. The lowest BCUT2D eigenvalue weighted by Crippen LogP contribution is -2.27. The third-order valence-electron chi connectivity index (χ3n) is 1.58. The van der Waals surface area contributed by atoms with E-state index in [2.05, 4.69) is 9.59 Å². The Balaban J connectivity index is 2.45. The number of aliphatic hydroxyl groups is 1. The summed E-state index contributed by atoms with van der Waals surface area (Å²) in [5, 5.41) is 13.6. The predicted molar refractivity (Wildman–Crippen MR) is 52.3 cm³/mol. The molecule has 0 spiro atoms. The smallest absolute Gasteiger partial charge is 0.132 e. The highest BCUT2D eigenvalue weighted by Gasteiger charge is 2.08. The Hall–Kier alpha value is -0.720. The molecule has 0 aromatic carbocycles. The highest BCUT2D eigenvalue weighted by molar-refractivity contribution is 7.09. The first kappa shape index (κ1) is 10.4. The van der Waals surface area contributed by atoms with Crippen LogP contribution in [0.4, 0.5) is 5.00 Å². The molecule has 0 fully saturated rings. The number of likely N-dealkylation sites (N-methyl/N-ethyl adjacent to an activating group) is 1. The summed E-state index contributed by atoms with van der Waals surface area (Å²) in [5.41, 5.74) is 6.41. The second-order valence-electron chi connectivity index (χ2n) is 3.13.